The number of nitrogens with one attached hydrogen (secondary N) is 2. The first kappa shape index (κ1) is 15.7. The van der Waals surface area contributed by atoms with Crippen molar-refractivity contribution in [2.45, 2.75) is 45.1 Å². The van der Waals surface area contributed by atoms with Crippen molar-refractivity contribution in [2.24, 2.45) is 11.3 Å². The molecule has 2 rings (SSSR count). The van der Waals surface area contributed by atoms with E-state index in [1.54, 1.807) is 0 Å². The Morgan fingerprint density at radius 2 is 2.25 bits per heavy atom. The lowest BCUT2D eigenvalue weighted by atomic mass is 9.67. The predicted molar refractivity (Wildman–Crippen MR) is 76.2 cm³/mol. The summed E-state index contributed by atoms with van der Waals surface area (Å²) in [4.78, 5) is 24.3. The second kappa shape index (κ2) is 5.61. The van der Waals surface area contributed by atoms with E-state index in [1.165, 1.54) is 7.11 Å². The Morgan fingerprint density at radius 1 is 1.55 bits per heavy atom. The molecule has 2 heterocycles. The Kier molecular flexibility index (Phi) is 4.41. The van der Waals surface area contributed by atoms with Gasteiger partial charge in [-0.1, -0.05) is 36.2 Å². The normalized spacial score (nSPS) is 38.1. The first-order valence-corrected chi connectivity index (χ1v) is 8.00. The molecule has 0 aromatic rings. The third-order valence-electron chi connectivity index (χ3n) is 4.40. The fourth-order valence-electron chi connectivity index (χ4n) is 3.45. The van der Waals surface area contributed by atoms with Gasteiger partial charge in [-0.05, 0) is 18.8 Å². The highest BCUT2D eigenvalue weighted by molar-refractivity contribution is 9.09. The summed E-state index contributed by atoms with van der Waals surface area (Å²) in [6, 6.07) is -0.577. The molecule has 2 fully saturated rings. The Bertz CT molecular complexity index is 419. The fourth-order valence-corrected chi connectivity index (χ4v) is 3.81. The average molecular weight is 349 g/mol. The molecule has 114 valence electrons. The van der Waals surface area contributed by atoms with E-state index in [-0.39, 0.29) is 17.9 Å². The topological polar surface area (TPSA) is 76.7 Å². The van der Waals surface area contributed by atoms with Gasteiger partial charge in [-0.15, -0.1) is 0 Å². The zero-order chi connectivity index (χ0) is 15.0. The van der Waals surface area contributed by atoms with E-state index in [4.69, 9.17) is 9.47 Å². The van der Waals surface area contributed by atoms with Crippen molar-refractivity contribution in [3.05, 3.63) is 0 Å². The number of alkyl halides is 1. The maximum atomic E-state index is 12.6. The Hall–Kier alpha value is -0.660. The minimum atomic E-state index is -1.38. The van der Waals surface area contributed by atoms with Gasteiger partial charge < -0.3 is 9.47 Å². The number of urea groups is 1. The monoisotopic (exact) mass is 348 g/mol. The van der Waals surface area contributed by atoms with E-state index in [9.17, 15) is 9.59 Å². The van der Waals surface area contributed by atoms with E-state index in [0.29, 0.717) is 11.8 Å². The molecule has 0 saturated carbocycles. The van der Waals surface area contributed by atoms with Gasteiger partial charge in [0.1, 0.15) is 5.41 Å². The zero-order valence-electron chi connectivity index (χ0n) is 12.0. The molecule has 0 radical (unpaired) electrons. The van der Waals surface area contributed by atoms with Crippen molar-refractivity contribution < 1.29 is 19.1 Å². The molecule has 2 saturated heterocycles. The van der Waals surface area contributed by atoms with Gasteiger partial charge in [0.05, 0.1) is 6.10 Å². The Balaban J connectivity index is 2.48. The number of ether oxygens (including phenoxy) is 2. The molecule has 0 aliphatic carbocycles. The highest BCUT2D eigenvalue weighted by Crippen LogP contribution is 2.53. The third kappa shape index (κ3) is 2.07. The Labute approximate surface area is 127 Å². The van der Waals surface area contributed by atoms with Crippen LogP contribution in [0.3, 0.4) is 0 Å². The van der Waals surface area contributed by atoms with Gasteiger partial charge >= 0.3 is 6.03 Å². The lowest BCUT2D eigenvalue weighted by molar-refractivity contribution is -0.275. The summed E-state index contributed by atoms with van der Waals surface area (Å²) in [5.74, 6) is -1.66. The fraction of sp³-hybridized carbons (Fsp3) is 0.846. The summed E-state index contributed by atoms with van der Waals surface area (Å²) in [6.07, 6.45) is 2.13. The molecule has 0 aromatic carbocycles. The van der Waals surface area contributed by atoms with E-state index >= 15 is 0 Å². The molecule has 0 aromatic heterocycles. The number of carbonyl (C=O) groups is 2. The molecule has 3 amide bonds. The lowest BCUT2D eigenvalue weighted by Crippen LogP contribution is -2.73. The van der Waals surface area contributed by atoms with E-state index in [1.807, 2.05) is 6.92 Å². The minimum Gasteiger partial charge on any atom is -0.335 e. The summed E-state index contributed by atoms with van der Waals surface area (Å²) in [7, 11) is 1.46. The van der Waals surface area contributed by atoms with Crippen molar-refractivity contribution in [2.75, 3.05) is 12.4 Å². The van der Waals surface area contributed by atoms with Crippen molar-refractivity contribution in [1.82, 2.24) is 10.6 Å². The van der Waals surface area contributed by atoms with Crippen LogP contribution in [0, 0.1) is 11.3 Å². The highest BCUT2D eigenvalue weighted by Gasteiger charge is 2.70. The van der Waals surface area contributed by atoms with Crippen LogP contribution in [0.15, 0.2) is 0 Å². The van der Waals surface area contributed by atoms with Crippen LogP contribution in [0.2, 0.25) is 0 Å². The summed E-state index contributed by atoms with van der Waals surface area (Å²) < 4.78 is 11.4. The van der Waals surface area contributed by atoms with Gasteiger partial charge in [-0.2, -0.15) is 0 Å². The van der Waals surface area contributed by atoms with Gasteiger partial charge in [0, 0.05) is 12.4 Å². The summed E-state index contributed by atoms with van der Waals surface area (Å²) >= 11 is 3.39. The Morgan fingerprint density at radius 3 is 2.80 bits per heavy atom. The van der Waals surface area contributed by atoms with Crippen LogP contribution in [0.25, 0.3) is 0 Å². The van der Waals surface area contributed by atoms with Crippen molar-refractivity contribution >= 4 is 27.9 Å². The van der Waals surface area contributed by atoms with Crippen molar-refractivity contribution in [3.8, 4) is 0 Å². The van der Waals surface area contributed by atoms with Crippen LogP contribution >= 0.6 is 15.9 Å². The number of fused-ring (bicyclic) bond motifs is 1. The average Bonchev–Trinajstić information content (AvgIpc) is 2.75. The van der Waals surface area contributed by atoms with Crippen LogP contribution in [0.4, 0.5) is 4.79 Å². The van der Waals surface area contributed by atoms with E-state index in [2.05, 4.69) is 33.5 Å². The number of rotatable bonds is 5. The van der Waals surface area contributed by atoms with Gasteiger partial charge in [0.25, 0.3) is 5.91 Å². The van der Waals surface area contributed by atoms with Crippen LogP contribution in [0.5, 0.6) is 0 Å². The maximum absolute atomic E-state index is 12.6. The largest absolute Gasteiger partial charge is 0.335 e. The van der Waals surface area contributed by atoms with Crippen LogP contribution < -0.4 is 10.6 Å². The van der Waals surface area contributed by atoms with Gasteiger partial charge in [0.15, 0.2) is 0 Å². The highest BCUT2D eigenvalue weighted by atomic mass is 79.9. The molecule has 2 aliphatic rings. The zero-order valence-corrected chi connectivity index (χ0v) is 13.6. The van der Waals surface area contributed by atoms with Crippen LogP contribution in [-0.4, -0.2) is 36.4 Å². The number of imide groups is 1. The quantitative estimate of drug-likeness (QED) is 0.742. The van der Waals surface area contributed by atoms with Gasteiger partial charge in [0.2, 0.25) is 5.91 Å². The van der Waals surface area contributed by atoms with Crippen LogP contribution in [-0.2, 0) is 14.3 Å². The number of halogens is 1. The predicted octanol–water partition coefficient (Wildman–Crippen LogP) is 1.73. The maximum Gasteiger partial charge on any atom is 0.325 e. The molecule has 2 unspecified atom stereocenters. The number of amides is 3. The number of methoxy groups -OCH3 is 1. The molecule has 2 N–H and O–H groups in total. The van der Waals surface area contributed by atoms with Crippen molar-refractivity contribution in [3.63, 3.8) is 0 Å². The standard InChI is InChI=1S/C13H21BrN2O4/c1-4-5-8(2)12-6-9(7-14)20-13(12,19-3)16-11(18)15-10(12)17/h8-9H,4-7H2,1-3H3,(H2,15,16,17,18)/t8?,9?,12-,13-/m0/s1. The SMILES string of the molecule is CCCC(C)[C@]12CC(CBr)O[C@]1(OC)NC(=O)NC2=O. The van der Waals surface area contributed by atoms with Gasteiger partial charge in [-0.3, -0.25) is 15.4 Å². The summed E-state index contributed by atoms with van der Waals surface area (Å²) in [5.41, 5.74) is -0.899. The molecule has 2 aliphatic heterocycles. The molecule has 4 atom stereocenters. The number of hydrogen-bond acceptors (Lipinski definition) is 4. The molecule has 6 nitrogen and oxygen atoms in total. The molecule has 0 spiro atoms. The summed E-state index contributed by atoms with van der Waals surface area (Å²) in [6.45, 7) is 4.08. The molecular formula is C13H21BrN2O4. The second-order valence-corrected chi connectivity index (χ2v) is 6.14. The molecule has 20 heavy (non-hydrogen) atoms. The lowest BCUT2D eigenvalue weighted by Gasteiger charge is -2.47. The second-order valence-electron chi connectivity index (χ2n) is 5.49. The minimum absolute atomic E-state index is 0.0251. The smallest absolute Gasteiger partial charge is 0.325 e. The third-order valence-corrected chi connectivity index (χ3v) is 5.12. The molecule has 0 bridgehead atoms. The first-order chi connectivity index (χ1) is 9.45. The van der Waals surface area contributed by atoms with Crippen LogP contribution in [0.1, 0.15) is 33.1 Å². The van der Waals surface area contributed by atoms with Crippen molar-refractivity contribution in [1.29, 1.82) is 0 Å². The molecule has 7 heteroatoms. The number of carbonyl (C=O) groups excluding carboxylic acids is 2. The first-order valence-electron chi connectivity index (χ1n) is 6.88. The van der Waals surface area contributed by atoms with E-state index < -0.39 is 17.4 Å². The summed E-state index contributed by atoms with van der Waals surface area (Å²) in [5, 5.41) is 5.64. The van der Waals surface area contributed by atoms with Gasteiger partial charge in [-0.25, -0.2) is 4.79 Å². The number of hydrogen-bond donors (Lipinski definition) is 2. The molecular weight excluding hydrogens is 328 g/mol. The van der Waals surface area contributed by atoms with E-state index in [0.717, 1.165) is 12.8 Å².